The summed E-state index contributed by atoms with van der Waals surface area (Å²) in [6.07, 6.45) is -3.53. The Hall–Kier alpha value is -0.820. The maximum atomic E-state index is 12.6. The Morgan fingerprint density at radius 1 is 1.40 bits per heavy atom. The maximum Gasteiger partial charge on any atom is 0.418 e. The number of nitrogens with two attached hydrogens (primary N) is 1. The number of nitrogens with one attached hydrogen (secondary N) is 1. The molecular formula is C8H13F3N2O2. The lowest BCUT2D eigenvalue weighted by atomic mass is 9.85. The third-order valence-corrected chi connectivity index (χ3v) is 2.68. The molecule has 1 aliphatic heterocycles. The largest absolute Gasteiger partial charge is 0.480 e. The van der Waals surface area contributed by atoms with Gasteiger partial charge in [-0.3, -0.25) is 0 Å². The van der Waals surface area contributed by atoms with Crippen molar-refractivity contribution in [3.8, 4) is 0 Å². The summed E-state index contributed by atoms with van der Waals surface area (Å²) in [6, 6.07) is -1.25. The Bertz CT molecular complexity index is 251. The number of carboxylic acid groups (broad SMARTS) is 1. The van der Waals surface area contributed by atoms with E-state index in [2.05, 4.69) is 5.32 Å². The molecule has 4 N–H and O–H groups in total. The van der Waals surface area contributed by atoms with Crippen molar-refractivity contribution in [2.75, 3.05) is 6.54 Å². The first-order chi connectivity index (χ1) is 6.80. The zero-order valence-electron chi connectivity index (χ0n) is 7.97. The van der Waals surface area contributed by atoms with E-state index in [1.807, 2.05) is 0 Å². The molecule has 1 fully saturated rings. The minimum Gasteiger partial charge on any atom is -0.480 e. The van der Waals surface area contributed by atoms with Crippen LogP contribution in [-0.4, -0.2) is 35.4 Å². The van der Waals surface area contributed by atoms with Crippen LogP contribution < -0.4 is 11.1 Å². The van der Waals surface area contributed by atoms with Gasteiger partial charge in [0, 0.05) is 6.04 Å². The van der Waals surface area contributed by atoms with Gasteiger partial charge in [0.2, 0.25) is 5.54 Å². The Morgan fingerprint density at radius 3 is 2.33 bits per heavy atom. The first-order valence-corrected chi connectivity index (χ1v) is 4.62. The molecule has 1 aliphatic rings. The molecule has 4 nitrogen and oxygen atoms in total. The van der Waals surface area contributed by atoms with E-state index >= 15 is 0 Å². The van der Waals surface area contributed by atoms with Crippen LogP contribution in [0.5, 0.6) is 0 Å². The molecule has 0 radical (unpaired) electrons. The maximum absolute atomic E-state index is 12.6. The van der Waals surface area contributed by atoms with Crippen molar-refractivity contribution in [1.82, 2.24) is 5.32 Å². The zero-order valence-corrected chi connectivity index (χ0v) is 7.97. The van der Waals surface area contributed by atoms with Crippen LogP contribution in [0.2, 0.25) is 0 Å². The fourth-order valence-corrected chi connectivity index (χ4v) is 1.71. The van der Waals surface area contributed by atoms with E-state index in [0.717, 1.165) is 6.42 Å². The van der Waals surface area contributed by atoms with Gasteiger partial charge in [0.25, 0.3) is 0 Å². The van der Waals surface area contributed by atoms with Crippen LogP contribution in [0.3, 0.4) is 0 Å². The highest BCUT2D eigenvalue weighted by atomic mass is 19.4. The van der Waals surface area contributed by atoms with Gasteiger partial charge in [-0.15, -0.1) is 0 Å². The summed E-state index contributed by atoms with van der Waals surface area (Å²) >= 11 is 0. The third kappa shape index (κ3) is 2.07. The fraction of sp³-hybridized carbons (Fsp3) is 0.875. The monoisotopic (exact) mass is 226 g/mol. The lowest BCUT2D eigenvalue weighted by Crippen LogP contribution is -2.71. The lowest BCUT2D eigenvalue weighted by molar-refractivity contribution is -0.209. The third-order valence-electron chi connectivity index (χ3n) is 2.68. The van der Waals surface area contributed by atoms with Crippen molar-refractivity contribution in [2.24, 2.45) is 5.73 Å². The molecular weight excluding hydrogens is 213 g/mol. The second-order valence-corrected chi connectivity index (χ2v) is 3.67. The number of rotatable bonds is 2. The Kier molecular flexibility index (Phi) is 3.25. The average molecular weight is 226 g/mol. The van der Waals surface area contributed by atoms with Crippen LogP contribution in [0, 0.1) is 0 Å². The number of alkyl halides is 3. The predicted molar refractivity (Wildman–Crippen MR) is 46.3 cm³/mol. The van der Waals surface area contributed by atoms with Gasteiger partial charge in [-0.25, -0.2) is 4.79 Å². The molecule has 2 unspecified atom stereocenters. The van der Waals surface area contributed by atoms with Gasteiger partial charge in [-0.2, -0.15) is 13.2 Å². The molecule has 0 saturated carbocycles. The molecule has 0 aliphatic carbocycles. The quantitative estimate of drug-likeness (QED) is 0.640. The number of halogens is 3. The minimum atomic E-state index is -4.95. The molecule has 0 spiro atoms. The van der Waals surface area contributed by atoms with Gasteiger partial charge < -0.3 is 16.2 Å². The fourth-order valence-electron chi connectivity index (χ4n) is 1.71. The molecule has 7 heteroatoms. The number of piperidine rings is 1. The van der Waals surface area contributed by atoms with Gasteiger partial charge in [-0.05, 0) is 19.4 Å². The Labute approximate surface area is 84.6 Å². The van der Waals surface area contributed by atoms with E-state index in [-0.39, 0.29) is 6.42 Å². The van der Waals surface area contributed by atoms with E-state index in [1.165, 1.54) is 0 Å². The molecule has 0 aromatic heterocycles. The van der Waals surface area contributed by atoms with E-state index < -0.39 is 23.7 Å². The SMILES string of the molecule is NC(C(=O)O)(C1CCCCN1)C(F)(F)F. The first-order valence-electron chi connectivity index (χ1n) is 4.62. The van der Waals surface area contributed by atoms with Crippen LogP contribution in [0.4, 0.5) is 13.2 Å². The molecule has 15 heavy (non-hydrogen) atoms. The summed E-state index contributed by atoms with van der Waals surface area (Å²) in [7, 11) is 0. The molecule has 0 amide bonds. The first kappa shape index (κ1) is 12.3. The number of carboxylic acids is 1. The van der Waals surface area contributed by atoms with E-state index in [9.17, 15) is 18.0 Å². The van der Waals surface area contributed by atoms with Crippen LogP contribution >= 0.6 is 0 Å². The van der Waals surface area contributed by atoms with Crippen molar-refractivity contribution in [3.63, 3.8) is 0 Å². The average Bonchev–Trinajstić information content (AvgIpc) is 2.16. The molecule has 2 atom stereocenters. The van der Waals surface area contributed by atoms with Gasteiger partial charge in [-0.1, -0.05) is 6.42 Å². The van der Waals surface area contributed by atoms with Crippen LogP contribution in [0.1, 0.15) is 19.3 Å². The zero-order chi connectivity index (χ0) is 11.7. The molecule has 0 aromatic carbocycles. The van der Waals surface area contributed by atoms with E-state index in [4.69, 9.17) is 10.8 Å². The van der Waals surface area contributed by atoms with Gasteiger partial charge in [0.15, 0.2) is 0 Å². The summed E-state index contributed by atoms with van der Waals surface area (Å²) in [5, 5.41) is 11.2. The summed E-state index contributed by atoms with van der Waals surface area (Å²) in [6.45, 7) is 0.368. The van der Waals surface area contributed by atoms with E-state index in [1.54, 1.807) is 0 Å². The van der Waals surface area contributed by atoms with Crippen molar-refractivity contribution < 1.29 is 23.1 Å². The molecule has 0 aromatic rings. The molecule has 1 rings (SSSR count). The second-order valence-electron chi connectivity index (χ2n) is 3.67. The number of carbonyl (C=O) groups is 1. The molecule has 1 saturated heterocycles. The second kappa shape index (κ2) is 3.97. The van der Waals surface area contributed by atoms with Crippen LogP contribution in [0.25, 0.3) is 0 Å². The molecule has 1 heterocycles. The van der Waals surface area contributed by atoms with Gasteiger partial charge in [0.05, 0.1) is 0 Å². The van der Waals surface area contributed by atoms with Crippen molar-refractivity contribution >= 4 is 5.97 Å². The van der Waals surface area contributed by atoms with Crippen LogP contribution in [-0.2, 0) is 4.79 Å². The number of hydrogen-bond donors (Lipinski definition) is 3. The highest BCUT2D eigenvalue weighted by Gasteiger charge is 2.62. The molecule has 88 valence electrons. The Balaban J connectivity index is 2.94. The normalized spacial score (nSPS) is 27.1. The lowest BCUT2D eigenvalue weighted by Gasteiger charge is -2.37. The van der Waals surface area contributed by atoms with Crippen molar-refractivity contribution in [3.05, 3.63) is 0 Å². The number of hydrogen-bond acceptors (Lipinski definition) is 3. The summed E-state index contributed by atoms with van der Waals surface area (Å²) in [5.41, 5.74) is 1.82. The van der Waals surface area contributed by atoms with E-state index in [0.29, 0.717) is 13.0 Å². The smallest absolute Gasteiger partial charge is 0.418 e. The summed E-state index contributed by atoms with van der Waals surface area (Å²) < 4.78 is 37.8. The summed E-state index contributed by atoms with van der Waals surface area (Å²) in [5.74, 6) is -2.03. The predicted octanol–water partition coefficient (Wildman–Crippen LogP) is 0.473. The summed E-state index contributed by atoms with van der Waals surface area (Å²) in [4.78, 5) is 10.7. The Morgan fingerprint density at radius 2 is 2.00 bits per heavy atom. The van der Waals surface area contributed by atoms with Crippen molar-refractivity contribution in [1.29, 1.82) is 0 Å². The highest BCUT2D eigenvalue weighted by Crippen LogP contribution is 2.34. The number of aliphatic carboxylic acids is 1. The van der Waals surface area contributed by atoms with Gasteiger partial charge >= 0.3 is 12.1 Å². The van der Waals surface area contributed by atoms with Crippen LogP contribution in [0.15, 0.2) is 0 Å². The topological polar surface area (TPSA) is 75.4 Å². The highest BCUT2D eigenvalue weighted by molar-refractivity contribution is 5.81. The van der Waals surface area contributed by atoms with Crippen molar-refractivity contribution in [2.45, 2.75) is 37.0 Å². The minimum absolute atomic E-state index is 0.127. The van der Waals surface area contributed by atoms with Gasteiger partial charge in [0.1, 0.15) is 0 Å². The standard InChI is InChI=1S/C8H13F3N2O2/c9-8(10,11)7(12,6(14)15)5-3-1-2-4-13-5/h5,13H,1-4,12H2,(H,14,15). The molecule has 0 bridgehead atoms.